The van der Waals surface area contributed by atoms with Gasteiger partial charge < -0.3 is 24.7 Å². The standard InChI is InChI=1S/C22H28N6O4S/c1-3-31-19(29)17-15(23-20(30)24-18(17)16-9-6-13(2)32-16)12-33-22-26-25-21(27-10-4-5-11-27)28(22)14-7-8-14/h6,9,14,18H,3-5,7-8,10-12H2,1-2H3,(H2,23,24,30). The van der Waals surface area contributed by atoms with E-state index in [2.05, 4.69) is 30.3 Å². The Morgan fingerprint density at radius 2 is 2.06 bits per heavy atom. The summed E-state index contributed by atoms with van der Waals surface area (Å²) < 4.78 is 13.3. The first kappa shape index (κ1) is 21.9. The van der Waals surface area contributed by atoms with E-state index in [-0.39, 0.29) is 12.6 Å². The number of furan rings is 1. The number of amides is 2. The molecule has 2 N–H and O–H groups in total. The van der Waals surface area contributed by atoms with Gasteiger partial charge in [0.15, 0.2) is 5.16 Å². The highest BCUT2D eigenvalue weighted by molar-refractivity contribution is 7.99. The van der Waals surface area contributed by atoms with Gasteiger partial charge in [-0.1, -0.05) is 11.8 Å². The molecule has 3 aliphatic rings. The fourth-order valence-corrected chi connectivity index (χ4v) is 5.26. The molecule has 1 aliphatic carbocycles. The van der Waals surface area contributed by atoms with Crippen LogP contribution in [-0.2, 0) is 9.53 Å². The molecule has 176 valence electrons. The molecule has 2 amide bonds. The van der Waals surface area contributed by atoms with Crippen LogP contribution in [0.2, 0.25) is 0 Å². The Morgan fingerprint density at radius 3 is 2.73 bits per heavy atom. The lowest BCUT2D eigenvalue weighted by Gasteiger charge is -2.27. The van der Waals surface area contributed by atoms with Gasteiger partial charge in [0.25, 0.3) is 0 Å². The Balaban J connectivity index is 1.45. The fraction of sp³-hybridized carbons (Fsp3) is 0.545. The second-order valence-corrected chi connectivity index (χ2v) is 9.40. The largest absolute Gasteiger partial charge is 0.464 e. The number of rotatable bonds is 8. The van der Waals surface area contributed by atoms with Crippen LogP contribution >= 0.6 is 11.8 Å². The van der Waals surface area contributed by atoms with E-state index in [1.807, 2.05) is 6.92 Å². The molecular formula is C22H28N6O4S. The number of aromatic nitrogens is 3. The Labute approximate surface area is 196 Å². The van der Waals surface area contributed by atoms with Crippen molar-refractivity contribution in [3.8, 4) is 0 Å². The van der Waals surface area contributed by atoms with Crippen LogP contribution in [0.1, 0.15) is 56.2 Å². The number of hydrogen-bond donors (Lipinski definition) is 2. The highest BCUT2D eigenvalue weighted by atomic mass is 32.2. The summed E-state index contributed by atoms with van der Waals surface area (Å²) in [6.07, 6.45) is 4.57. The molecule has 10 nitrogen and oxygen atoms in total. The predicted octanol–water partition coefficient (Wildman–Crippen LogP) is 3.08. The molecule has 5 rings (SSSR count). The summed E-state index contributed by atoms with van der Waals surface area (Å²) in [5.74, 6) is 1.98. The summed E-state index contributed by atoms with van der Waals surface area (Å²) in [5.41, 5.74) is 0.838. The first-order chi connectivity index (χ1) is 16.0. The van der Waals surface area contributed by atoms with Crippen LogP contribution < -0.4 is 15.5 Å². The molecule has 0 spiro atoms. The van der Waals surface area contributed by atoms with Gasteiger partial charge in [-0.15, -0.1) is 10.2 Å². The first-order valence-electron chi connectivity index (χ1n) is 11.4. The van der Waals surface area contributed by atoms with Gasteiger partial charge in [-0.3, -0.25) is 4.57 Å². The minimum absolute atomic E-state index is 0.232. The van der Waals surface area contributed by atoms with E-state index in [1.54, 1.807) is 19.1 Å². The Morgan fingerprint density at radius 1 is 1.27 bits per heavy atom. The summed E-state index contributed by atoms with van der Waals surface area (Å²) in [6.45, 7) is 5.81. The second kappa shape index (κ2) is 9.12. The molecule has 0 bridgehead atoms. The highest BCUT2D eigenvalue weighted by Crippen LogP contribution is 2.42. The number of nitrogens with one attached hydrogen (secondary N) is 2. The maximum absolute atomic E-state index is 12.9. The van der Waals surface area contributed by atoms with Crippen LogP contribution in [0.15, 0.2) is 33.0 Å². The number of urea groups is 1. The smallest absolute Gasteiger partial charge is 0.338 e. The molecule has 0 radical (unpaired) electrons. The van der Waals surface area contributed by atoms with E-state index in [4.69, 9.17) is 9.15 Å². The number of thioether (sulfide) groups is 1. The average Bonchev–Trinajstić information content (AvgIpc) is 3.18. The number of anilines is 1. The minimum atomic E-state index is -0.719. The van der Waals surface area contributed by atoms with Crippen molar-refractivity contribution in [3.05, 3.63) is 34.9 Å². The van der Waals surface area contributed by atoms with Crippen LogP contribution in [0.3, 0.4) is 0 Å². The van der Waals surface area contributed by atoms with Crippen molar-refractivity contribution in [2.75, 3.05) is 30.3 Å². The van der Waals surface area contributed by atoms with Gasteiger partial charge in [0, 0.05) is 30.6 Å². The summed E-state index contributed by atoms with van der Waals surface area (Å²) in [4.78, 5) is 27.7. The summed E-state index contributed by atoms with van der Waals surface area (Å²) >= 11 is 1.47. The monoisotopic (exact) mass is 472 g/mol. The van der Waals surface area contributed by atoms with Crippen LogP contribution in [0.25, 0.3) is 0 Å². The molecule has 2 aromatic heterocycles. The topological polar surface area (TPSA) is 115 Å². The van der Waals surface area contributed by atoms with Crippen LogP contribution in [0, 0.1) is 6.92 Å². The number of hydrogen-bond acceptors (Lipinski definition) is 8. The van der Waals surface area contributed by atoms with Crippen molar-refractivity contribution in [2.24, 2.45) is 0 Å². The number of ether oxygens (including phenoxy) is 1. The van der Waals surface area contributed by atoms with E-state index in [1.165, 1.54) is 24.6 Å². The summed E-state index contributed by atoms with van der Waals surface area (Å²) in [5, 5.41) is 15.3. The molecule has 1 saturated heterocycles. The van der Waals surface area contributed by atoms with E-state index in [9.17, 15) is 9.59 Å². The summed E-state index contributed by atoms with van der Waals surface area (Å²) in [6, 6.07) is 2.88. The molecule has 2 fully saturated rings. The van der Waals surface area contributed by atoms with Gasteiger partial charge in [0.05, 0.1) is 12.2 Å². The number of carbonyl (C=O) groups excluding carboxylic acids is 2. The van der Waals surface area contributed by atoms with Crippen LogP contribution in [0.4, 0.5) is 10.7 Å². The molecule has 1 saturated carbocycles. The van der Waals surface area contributed by atoms with Gasteiger partial charge in [0.1, 0.15) is 17.6 Å². The molecule has 2 aromatic rings. The maximum Gasteiger partial charge on any atom is 0.338 e. The Bertz CT molecular complexity index is 1080. The quantitative estimate of drug-likeness (QED) is 0.445. The Hall–Kier alpha value is -2.95. The molecule has 1 unspecified atom stereocenters. The zero-order valence-corrected chi connectivity index (χ0v) is 19.6. The van der Waals surface area contributed by atoms with Gasteiger partial charge >= 0.3 is 12.0 Å². The zero-order chi connectivity index (χ0) is 22.9. The molecule has 11 heteroatoms. The predicted molar refractivity (Wildman–Crippen MR) is 122 cm³/mol. The van der Waals surface area contributed by atoms with Crippen LogP contribution in [-0.4, -0.2) is 52.2 Å². The molecular weight excluding hydrogens is 444 g/mol. The van der Waals surface area contributed by atoms with Crippen molar-refractivity contribution in [2.45, 2.75) is 56.8 Å². The molecule has 4 heterocycles. The van der Waals surface area contributed by atoms with Crippen molar-refractivity contribution in [3.63, 3.8) is 0 Å². The number of aryl methyl sites for hydroxylation is 1. The van der Waals surface area contributed by atoms with E-state index >= 15 is 0 Å². The number of esters is 1. The third-order valence-electron chi connectivity index (χ3n) is 5.99. The normalized spacial score (nSPS) is 20.7. The summed E-state index contributed by atoms with van der Waals surface area (Å²) in [7, 11) is 0. The lowest BCUT2D eigenvalue weighted by molar-refractivity contribution is -0.139. The minimum Gasteiger partial charge on any atom is -0.464 e. The molecule has 2 aliphatic heterocycles. The fourth-order valence-electron chi connectivity index (χ4n) is 4.29. The average molecular weight is 473 g/mol. The highest BCUT2D eigenvalue weighted by Gasteiger charge is 2.37. The van der Waals surface area contributed by atoms with Gasteiger partial charge in [-0.05, 0) is 51.7 Å². The van der Waals surface area contributed by atoms with Crippen LogP contribution in [0.5, 0.6) is 0 Å². The van der Waals surface area contributed by atoms with E-state index in [0.717, 1.165) is 37.0 Å². The zero-order valence-electron chi connectivity index (χ0n) is 18.8. The van der Waals surface area contributed by atoms with Crippen molar-refractivity contribution in [1.29, 1.82) is 0 Å². The number of carbonyl (C=O) groups is 2. The van der Waals surface area contributed by atoms with Crippen molar-refractivity contribution >= 4 is 29.7 Å². The van der Waals surface area contributed by atoms with Crippen molar-refractivity contribution < 1.29 is 18.7 Å². The van der Waals surface area contributed by atoms with Gasteiger partial charge in [0.2, 0.25) is 5.95 Å². The molecule has 33 heavy (non-hydrogen) atoms. The number of nitrogens with zero attached hydrogens (tertiary/aromatic N) is 4. The molecule has 0 aromatic carbocycles. The van der Waals surface area contributed by atoms with Crippen molar-refractivity contribution in [1.82, 2.24) is 25.4 Å². The van der Waals surface area contributed by atoms with E-state index < -0.39 is 12.0 Å². The first-order valence-corrected chi connectivity index (χ1v) is 12.4. The third-order valence-corrected chi connectivity index (χ3v) is 6.96. The van der Waals surface area contributed by atoms with Gasteiger partial charge in [-0.25, -0.2) is 9.59 Å². The maximum atomic E-state index is 12.9. The Kier molecular flexibility index (Phi) is 6.05. The lowest BCUT2D eigenvalue weighted by atomic mass is 10.0. The third kappa shape index (κ3) is 4.46. The molecule has 1 atom stereocenters. The van der Waals surface area contributed by atoms with E-state index in [0.29, 0.717) is 34.6 Å². The lowest BCUT2D eigenvalue weighted by Crippen LogP contribution is -2.46. The van der Waals surface area contributed by atoms with Gasteiger partial charge in [-0.2, -0.15) is 0 Å². The SMILES string of the molecule is CCOC(=O)C1=C(CSc2nnc(N3CCCC3)n2C2CC2)NC(=O)NC1c1ccc(C)o1. The second-order valence-electron chi connectivity index (χ2n) is 8.46.